The highest BCUT2D eigenvalue weighted by Gasteiger charge is 2.34. The normalized spacial score (nSPS) is 18.4. The number of amides is 1. The summed E-state index contributed by atoms with van der Waals surface area (Å²) in [7, 11) is 0. The standard InChI is InChI=1S/C21H24N4O4S2/c1-3-24-18(23-8-6-4-5-7-9-23)14(13(2)15(11-22)19(24)28)10-16-20(29)25(12-17(26)27)21(30)31-16/h10H,3-9,12H2,1-2H3,(H,26,27). The molecule has 0 radical (unpaired) electrons. The molecule has 0 saturated carbocycles. The molecule has 0 atom stereocenters. The van der Waals surface area contributed by atoms with Gasteiger partial charge in [-0.1, -0.05) is 36.8 Å². The van der Waals surface area contributed by atoms with Gasteiger partial charge in [-0.3, -0.25) is 23.9 Å². The van der Waals surface area contributed by atoms with E-state index >= 15 is 0 Å². The van der Waals surface area contributed by atoms with Crippen LogP contribution < -0.4 is 10.5 Å². The van der Waals surface area contributed by atoms with Gasteiger partial charge in [0.1, 0.15) is 28.3 Å². The average molecular weight is 461 g/mol. The maximum atomic E-state index is 13.0. The van der Waals surface area contributed by atoms with Gasteiger partial charge in [0.2, 0.25) is 0 Å². The first-order valence-corrected chi connectivity index (χ1v) is 11.4. The number of rotatable bonds is 5. The van der Waals surface area contributed by atoms with Crippen LogP contribution in [0.2, 0.25) is 0 Å². The summed E-state index contributed by atoms with van der Waals surface area (Å²) < 4.78 is 1.78. The van der Waals surface area contributed by atoms with E-state index in [2.05, 4.69) is 4.90 Å². The van der Waals surface area contributed by atoms with Crippen LogP contribution >= 0.6 is 24.0 Å². The van der Waals surface area contributed by atoms with Crippen LogP contribution in [0.3, 0.4) is 0 Å². The first-order valence-electron chi connectivity index (χ1n) is 10.2. The lowest BCUT2D eigenvalue weighted by Crippen LogP contribution is -2.35. The summed E-state index contributed by atoms with van der Waals surface area (Å²) in [6, 6.07) is 2.01. The van der Waals surface area contributed by atoms with E-state index in [-0.39, 0.29) is 20.3 Å². The Morgan fingerprint density at radius 1 is 1.26 bits per heavy atom. The number of pyridine rings is 1. The molecule has 8 nitrogen and oxygen atoms in total. The quantitative estimate of drug-likeness (QED) is 0.528. The van der Waals surface area contributed by atoms with E-state index in [1.807, 2.05) is 13.0 Å². The number of nitrogens with zero attached hydrogens (tertiary/aromatic N) is 4. The van der Waals surface area contributed by atoms with Crippen molar-refractivity contribution in [2.24, 2.45) is 0 Å². The van der Waals surface area contributed by atoms with Gasteiger partial charge in [-0.25, -0.2) is 0 Å². The zero-order chi connectivity index (χ0) is 22.7. The molecule has 3 rings (SSSR count). The Balaban J connectivity index is 2.21. The highest BCUT2D eigenvalue weighted by Crippen LogP contribution is 2.36. The summed E-state index contributed by atoms with van der Waals surface area (Å²) in [5, 5.41) is 18.7. The number of hydrogen-bond donors (Lipinski definition) is 1. The van der Waals surface area contributed by atoms with Crippen molar-refractivity contribution in [2.75, 3.05) is 24.5 Å². The minimum Gasteiger partial charge on any atom is -0.480 e. The lowest BCUT2D eigenvalue weighted by Gasteiger charge is -2.29. The number of aromatic nitrogens is 1. The molecule has 0 aliphatic carbocycles. The van der Waals surface area contributed by atoms with Crippen molar-refractivity contribution in [3.05, 3.63) is 31.9 Å². The number of aliphatic carboxylic acids is 1. The fraction of sp³-hybridized carbons (Fsp3) is 0.476. The van der Waals surface area contributed by atoms with Gasteiger partial charge in [0, 0.05) is 25.2 Å². The monoisotopic (exact) mass is 460 g/mol. The third kappa shape index (κ3) is 4.52. The predicted octanol–water partition coefficient (Wildman–Crippen LogP) is 2.71. The van der Waals surface area contributed by atoms with Crippen molar-refractivity contribution < 1.29 is 14.7 Å². The molecule has 1 aromatic heterocycles. The third-order valence-electron chi connectivity index (χ3n) is 5.51. The molecule has 164 valence electrons. The van der Waals surface area contributed by atoms with Gasteiger partial charge in [-0.2, -0.15) is 5.26 Å². The van der Waals surface area contributed by atoms with Crippen LogP contribution in [-0.2, 0) is 16.1 Å². The number of carbonyl (C=O) groups excluding carboxylic acids is 1. The van der Waals surface area contributed by atoms with Gasteiger partial charge in [-0.15, -0.1) is 0 Å². The van der Waals surface area contributed by atoms with Crippen LogP contribution in [0.5, 0.6) is 0 Å². The van der Waals surface area contributed by atoms with Crippen molar-refractivity contribution in [3.8, 4) is 6.07 Å². The van der Waals surface area contributed by atoms with E-state index in [9.17, 15) is 19.6 Å². The second kappa shape index (κ2) is 9.66. The second-order valence-corrected chi connectivity index (χ2v) is 9.14. The highest BCUT2D eigenvalue weighted by molar-refractivity contribution is 8.26. The van der Waals surface area contributed by atoms with Crippen LogP contribution in [0.1, 0.15) is 49.3 Å². The molecule has 31 heavy (non-hydrogen) atoms. The molecule has 1 N–H and O–H groups in total. The Morgan fingerprint density at radius 2 is 1.90 bits per heavy atom. The van der Waals surface area contributed by atoms with E-state index in [0.29, 0.717) is 23.5 Å². The molecule has 1 amide bonds. The molecule has 3 heterocycles. The van der Waals surface area contributed by atoms with Crippen molar-refractivity contribution in [2.45, 2.75) is 46.1 Å². The number of nitriles is 1. The summed E-state index contributed by atoms with van der Waals surface area (Å²) in [6.45, 7) is 5.02. The van der Waals surface area contributed by atoms with E-state index in [0.717, 1.165) is 55.4 Å². The van der Waals surface area contributed by atoms with Gasteiger partial charge in [-0.05, 0) is 38.3 Å². The number of carboxylic acid groups (broad SMARTS) is 1. The largest absolute Gasteiger partial charge is 0.480 e. The summed E-state index contributed by atoms with van der Waals surface area (Å²) >= 11 is 6.24. The van der Waals surface area contributed by atoms with Crippen molar-refractivity contribution in [1.82, 2.24) is 9.47 Å². The molecule has 2 aliphatic rings. The summed E-state index contributed by atoms with van der Waals surface area (Å²) in [5.41, 5.74) is 0.862. The molecule has 0 unspecified atom stereocenters. The summed E-state index contributed by atoms with van der Waals surface area (Å²) in [5.74, 6) is -0.925. The molecule has 0 aromatic carbocycles. The average Bonchev–Trinajstić information content (AvgIpc) is 2.92. The number of anilines is 1. The number of thioether (sulfide) groups is 1. The van der Waals surface area contributed by atoms with Crippen molar-refractivity contribution in [1.29, 1.82) is 5.26 Å². The molecule has 1 aromatic rings. The van der Waals surface area contributed by atoms with Crippen molar-refractivity contribution >= 4 is 52.1 Å². The maximum absolute atomic E-state index is 13.0. The van der Waals surface area contributed by atoms with E-state index in [1.165, 1.54) is 0 Å². The molecule has 0 spiro atoms. The van der Waals surface area contributed by atoms with Crippen LogP contribution in [0.15, 0.2) is 9.70 Å². The smallest absolute Gasteiger partial charge is 0.323 e. The Hall–Kier alpha value is -2.64. The van der Waals surface area contributed by atoms with Crippen LogP contribution in [0.25, 0.3) is 6.08 Å². The molecule has 0 bridgehead atoms. The zero-order valence-corrected chi connectivity index (χ0v) is 19.1. The highest BCUT2D eigenvalue weighted by atomic mass is 32.2. The Labute approximate surface area is 190 Å². The fourth-order valence-corrected chi connectivity index (χ4v) is 5.20. The SMILES string of the molecule is CCn1c(N2CCCCCC2)c(C=C2SC(=S)N(CC(=O)O)C2=O)c(C)c(C#N)c1=O. The number of thiocarbonyl (C=S) groups is 1. The number of carboxylic acids is 1. The van der Waals surface area contributed by atoms with E-state index in [1.54, 1.807) is 17.6 Å². The minimum atomic E-state index is -1.15. The molecule has 2 fully saturated rings. The minimum absolute atomic E-state index is 0.0488. The van der Waals surface area contributed by atoms with Crippen molar-refractivity contribution in [3.63, 3.8) is 0 Å². The molecule has 10 heteroatoms. The van der Waals surface area contributed by atoms with Crippen LogP contribution in [0, 0.1) is 18.3 Å². The van der Waals surface area contributed by atoms with Gasteiger partial charge in [0.15, 0.2) is 0 Å². The summed E-state index contributed by atoms with van der Waals surface area (Å²) in [6.07, 6.45) is 5.88. The van der Waals surface area contributed by atoms with Gasteiger partial charge in [0.25, 0.3) is 11.5 Å². The van der Waals surface area contributed by atoms with Gasteiger partial charge in [0.05, 0.1) is 4.91 Å². The van der Waals surface area contributed by atoms with Gasteiger partial charge < -0.3 is 10.0 Å². The number of carbonyl (C=O) groups is 2. The fourth-order valence-electron chi connectivity index (χ4n) is 3.96. The molecule has 2 saturated heterocycles. The second-order valence-electron chi connectivity index (χ2n) is 7.46. The Morgan fingerprint density at radius 3 is 2.45 bits per heavy atom. The molecular formula is C21H24N4O4S2. The summed E-state index contributed by atoms with van der Waals surface area (Å²) in [4.78, 5) is 40.4. The lowest BCUT2D eigenvalue weighted by molar-refractivity contribution is -0.140. The number of hydrogen-bond acceptors (Lipinski definition) is 7. The predicted molar refractivity (Wildman–Crippen MR) is 124 cm³/mol. The third-order valence-corrected chi connectivity index (χ3v) is 6.89. The van der Waals surface area contributed by atoms with Gasteiger partial charge >= 0.3 is 5.97 Å². The first kappa shape index (κ1) is 23.0. The van der Waals surface area contributed by atoms with E-state index in [4.69, 9.17) is 17.3 Å². The topological polar surface area (TPSA) is 107 Å². The zero-order valence-electron chi connectivity index (χ0n) is 17.5. The maximum Gasteiger partial charge on any atom is 0.323 e. The molecular weight excluding hydrogens is 436 g/mol. The van der Waals surface area contributed by atoms with Crippen LogP contribution in [0.4, 0.5) is 5.82 Å². The van der Waals surface area contributed by atoms with E-state index < -0.39 is 18.4 Å². The molecule has 2 aliphatic heterocycles. The Bertz CT molecular complexity index is 1060. The lowest BCUT2D eigenvalue weighted by atomic mass is 10.0. The first-order chi connectivity index (χ1) is 14.8. The Kier molecular flexibility index (Phi) is 7.18. The van der Waals surface area contributed by atoms with Crippen LogP contribution in [-0.4, -0.2) is 50.4 Å².